The summed E-state index contributed by atoms with van der Waals surface area (Å²) in [6.45, 7) is 7.07. The second-order valence-corrected chi connectivity index (χ2v) is 8.61. The Balaban J connectivity index is 2.35. The Morgan fingerprint density at radius 3 is 2.74 bits per heavy atom. The van der Waals surface area contributed by atoms with Gasteiger partial charge in [-0.3, -0.25) is 0 Å². The fraction of sp³-hybridized carbons (Fsp3) is 0.692. The topological polar surface area (TPSA) is 63.4 Å². The quantitative estimate of drug-likeness (QED) is 0.932. The third kappa shape index (κ3) is 2.72. The van der Waals surface area contributed by atoms with Crippen molar-refractivity contribution in [2.24, 2.45) is 11.7 Å². The molecule has 0 aromatic carbocycles. The van der Waals surface area contributed by atoms with Crippen LogP contribution < -0.4 is 5.73 Å². The van der Waals surface area contributed by atoms with E-state index < -0.39 is 10.0 Å². The highest BCUT2D eigenvalue weighted by atomic mass is 32.2. The van der Waals surface area contributed by atoms with E-state index in [1.54, 1.807) is 10.4 Å². The van der Waals surface area contributed by atoms with Gasteiger partial charge in [0.2, 0.25) is 0 Å². The molecule has 2 atom stereocenters. The predicted molar refractivity (Wildman–Crippen MR) is 78.7 cm³/mol. The summed E-state index contributed by atoms with van der Waals surface area (Å²) in [6.07, 6.45) is 2.05. The van der Waals surface area contributed by atoms with Gasteiger partial charge < -0.3 is 5.73 Å². The van der Waals surface area contributed by atoms with Crippen LogP contribution in [0.25, 0.3) is 0 Å². The van der Waals surface area contributed by atoms with Crippen LogP contribution in [0.5, 0.6) is 0 Å². The number of nitrogens with zero attached hydrogens (tertiary/aromatic N) is 1. The van der Waals surface area contributed by atoms with Crippen molar-refractivity contribution in [2.45, 2.75) is 50.4 Å². The van der Waals surface area contributed by atoms with Gasteiger partial charge in [-0.05, 0) is 44.2 Å². The Kier molecular flexibility index (Phi) is 4.35. The summed E-state index contributed by atoms with van der Waals surface area (Å²) in [7, 11) is -3.36. The lowest BCUT2D eigenvalue weighted by atomic mass is 9.94. The second-order valence-electron chi connectivity index (χ2n) is 5.35. The standard InChI is InChI=1S/C13H22N2O2S2/c1-9-5-4-6-15(11(9)3)19(16,17)13-7-10(2)12(8-14)18-13/h7,9,11H,4-6,8,14H2,1-3H3. The predicted octanol–water partition coefficient (Wildman–Crippen LogP) is 2.32. The van der Waals surface area contributed by atoms with Gasteiger partial charge in [-0.15, -0.1) is 11.3 Å². The van der Waals surface area contributed by atoms with Crippen LogP contribution in [0.4, 0.5) is 0 Å². The lowest BCUT2D eigenvalue weighted by Crippen LogP contribution is -2.45. The van der Waals surface area contributed by atoms with Crippen molar-refractivity contribution in [1.82, 2.24) is 4.31 Å². The van der Waals surface area contributed by atoms with Crippen LogP contribution in [0, 0.1) is 12.8 Å². The van der Waals surface area contributed by atoms with Crippen molar-refractivity contribution < 1.29 is 8.42 Å². The van der Waals surface area contributed by atoms with Gasteiger partial charge in [0.05, 0.1) is 0 Å². The van der Waals surface area contributed by atoms with Crippen LogP contribution in [-0.4, -0.2) is 25.3 Å². The Morgan fingerprint density at radius 1 is 1.47 bits per heavy atom. The number of piperidine rings is 1. The highest BCUT2D eigenvalue weighted by Crippen LogP contribution is 2.33. The normalized spacial score (nSPS) is 25.7. The van der Waals surface area contributed by atoms with E-state index >= 15 is 0 Å². The zero-order valence-corrected chi connectivity index (χ0v) is 13.4. The Hall–Kier alpha value is -0.430. The lowest BCUT2D eigenvalue weighted by Gasteiger charge is -2.36. The molecule has 1 saturated heterocycles. The van der Waals surface area contributed by atoms with Gasteiger partial charge in [0.1, 0.15) is 4.21 Å². The van der Waals surface area contributed by atoms with E-state index in [1.807, 2.05) is 13.8 Å². The van der Waals surface area contributed by atoms with Gasteiger partial charge >= 0.3 is 0 Å². The number of sulfonamides is 1. The minimum absolute atomic E-state index is 0.0717. The van der Waals surface area contributed by atoms with Crippen LogP contribution in [-0.2, 0) is 16.6 Å². The van der Waals surface area contributed by atoms with Crippen molar-refractivity contribution in [3.63, 3.8) is 0 Å². The van der Waals surface area contributed by atoms with Gasteiger partial charge in [0.25, 0.3) is 10.0 Å². The van der Waals surface area contributed by atoms with E-state index in [0.29, 0.717) is 23.2 Å². The first-order chi connectivity index (χ1) is 8.87. The van der Waals surface area contributed by atoms with E-state index in [9.17, 15) is 8.42 Å². The SMILES string of the molecule is Cc1cc(S(=O)(=O)N2CCCC(C)C2C)sc1CN. The molecule has 1 aliphatic rings. The van der Waals surface area contributed by atoms with E-state index in [1.165, 1.54) is 11.3 Å². The summed E-state index contributed by atoms with van der Waals surface area (Å²) < 4.78 is 27.5. The first-order valence-corrected chi connectivity index (χ1v) is 8.94. The molecule has 6 heteroatoms. The highest BCUT2D eigenvalue weighted by molar-refractivity contribution is 7.91. The largest absolute Gasteiger partial charge is 0.326 e. The van der Waals surface area contributed by atoms with Crippen LogP contribution in [0.3, 0.4) is 0 Å². The van der Waals surface area contributed by atoms with Gasteiger partial charge in [-0.1, -0.05) is 6.92 Å². The van der Waals surface area contributed by atoms with Crippen LogP contribution in [0.2, 0.25) is 0 Å². The third-order valence-corrected chi connectivity index (χ3v) is 7.76. The molecule has 0 spiro atoms. The minimum Gasteiger partial charge on any atom is -0.326 e. The zero-order valence-electron chi connectivity index (χ0n) is 11.7. The molecule has 0 radical (unpaired) electrons. The molecule has 2 heterocycles. The van der Waals surface area contributed by atoms with E-state index in [2.05, 4.69) is 6.92 Å². The Labute approximate surface area is 119 Å². The smallest absolute Gasteiger partial charge is 0.252 e. The molecule has 2 N–H and O–H groups in total. The maximum absolute atomic E-state index is 12.7. The molecule has 0 amide bonds. The van der Waals surface area contributed by atoms with Crippen molar-refractivity contribution in [3.8, 4) is 0 Å². The number of hydrogen-bond donors (Lipinski definition) is 1. The molecular weight excluding hydrogens is 280 g/mol. The van der Waals surface area contributed by atoms with Crippen LogP contribution >= 0.6 is 11.3 Å². The first-order valence-electron chi connectivity index (χ1n) is 6.69. The summed E-state index contributed by atoms with van der Waals surface area (Å²) in [5, 5.41) is 0. The maximum Gasteiger partial charge on any atom is 0.252 e. The number of rotatable bonds is 3. The zero-order chi connectivity index (χ0) is 14.2. The van der Waals surface area contributed by atoms with Crippen molar-refractivity contribution >= 4 is 21.4 Å². The molecule has 19 heavy (non-hydrogen) atoms. The lowest BCUT2D eigenvalue weighted by molar-refractivity contribution is 0.202. The summed E-state index contributed by atoms with van der Waals surface area (Å²) in [4.78, 5) is 0.955. The van der Waals surface area contributed by atoms with E-state index in [-0.39, 0.29) is 6.04 Å². The minimum atomic E-state index is -3.36. The van der Waals surface area contributed by atoms with Crippen LogP contribution in [0.15, 0.2) is 10.3 Å². The molecule has 4 nitrogen and oxygen atoms in total. The molecule has 0 aliphatic carbocycles. The number of aryl methyl sites for hydroxylation is 1. The summed E-state index contributed by atoms with van der Waals surface area (Å²) in [5.74, 6) is 0.415. The molecule has 1 aliphatic heterocycles. The van der Waals surface area contributed by atoms with Crippen molar-refractivity contribution in [1.29, 1.82) is 0 Å². The highest BCUT2D eigenvalue weighted by Gasteiger charge is 2.35. The number of hydrogen-bond acceptors (Lipinski definition) is 4. The molecule has 108 valence electrons. The van der Waals surface area contributed by atoms with Gasteiger partial charge in [0.15, 0.2) is 0 Å². The summed E-state index contributed by atoms with van der Waals surface area (Å²) >= 11 is 1.31. The average molecular weight is 302 g/mol. The van der Waals surface area contributed by atoms with E-state index in [0.717, 1.165) is 23.3 Å². The molecular formula is C13H22N2O2S2. The number of thiophene rings is 1. The Morgan fingerprint density at radius 2 is 2.16 bits per heavy atom. The van der Waals surface area contributed by atoms with Crippen molar-refractivity contribution in [2.75, 3.05) is 6.54 Å². The maximum atomic E-state index is 12.7. The van der Waals surface area contributed by atoms with Crippen molar-refractivity contribution in [3.05, 3.63) is 16.5 Å². The second kappa shape index (κ2) is 5.52. The molecule has 0 bridgehead atoms. The Bertz CT molecular complexity index is 551. The molecule has 2 unspecified atom stereocenters. The first kappa shape index (κ1) is 15.0. The molecule has 2 rings (SSSR count). The monoisotopic (exact) mass is 302 g/mol. The molecule has 1 aromatic heterocycles. The van der Waals surface area contributed by atoms with Gasteiger partial charge in [0, 0.05) is 24.0 Å². The van der Waals surface area contributed by atoms with Crippen LogP contribution in [0.1, 0.15) is 37.1 Å². The fourth-order valence-electron chi connectivity index (χ4n) is 2.57. The molecule has 0 saturated carbocycles. The van der Waals surface area contributed by atoms with Gasteiger partial charge in [-0.2, -0.15) is 4.31 Å². The molecule has 1 aromatic rings. The molecule has 1 fully saturated rings. The summed E-state index contributed by atoms with van der Waals surface area (Å²) in [5.41, 5.74) is 6.61. The average Bonchev–Trinajstić information content (AvgIpc) is 2.74. The number of nitrogens with two attached hydrogens (primary N) is 1. The fourth-order valence-corrected chi connectivity index (χ4v) is 5.93. The summed E-state index contributed by atoms with van der Waals surface area (Å²) in [6, 6.07) is 1.83. The van der Waals surface area contributed by atoms with E-state index in [4.69, 9.17) is 5.73 Å². The van der Waals surface area contributed by atoms with Gasteiger partial charge in [-0.25, -0.2) is 8.42 Å². The third-order valence-electron chi connectivity index (χ3n) is 4.06.